The largest absolute Gasteiger partial charge is 0.433 e. The van der Waals surface area contributed by atoms with E-state index < -0.39 is 17.8 Å². The van der Waals surface area contributed by atoms with Gasteiger partial charge in [0.05, 0.1) is 18.8 Å². The van der Waals surface area contributed by atoms with Crippen molar-refractivity contribution in [3.63, 3.8) is 0 Å². The zero-order valence-electron chi connectivity index (χ0n) is 14.8. The lowest BCUT2D eigenvalue weighted by molar-refractivity contribution is -0.141. The SMILES string of the molecule is O=C(NC1CCC(C(=O)N2CCOCC2)CC1)c1ccc(C(F)(F)F)nc1. The van der Waals surface area contributed by atoms with Crippen molar-refractivity contribution in [2.45, 2.75) is 37.9 Å². The fourth-order valence-electron chi connectivity index (χ4n) is 3.49. The number of amides is 2. The van der Waals surface area contributed by atoms with Gasteiger partial charge in [0, 0.05) is 31.2 Å². The van der Waals surface area contributed by atoms with Crippen molar-refractivity contribution in [2.24, 2.45) is 5.92 Å². The molecule has 0 atom stereocenters. The Kier molecular flexibility index (Phi) is 5.98. The Bertz CT molecular complexity index is 665. The summed E-state index contributed by atoms with van der Waals surface area (Å²) >= 11 is 0. The van der Waals surface area contributed by atoms with E-state index in [0.29, 0.717) is 52.0 Å². The molecule has 2 amide bonds. The van der Waals surface area contributed by atoms with Crippen LogP contribution in [0.1, 0.15) is 41.7 Å². The van der Waals surface area contributed by atoms with Crippen LogP contribution in [0.4, 0.5) is 13.2 Å². The topological polar surface area (TPSA) is 71.5 Å². The first-order valence-electron chi connectivity index (χ1n) is 9.05. The highest BCUT2D eigenvalue weighted by atomic mass is 19.4. The van der Waals surface area contributed by atoms with Crippen LogP contribution < -0.4 is 5.32 Å². The molecule has 9 heteroatoms. The van der Waals surface area contributed by atoms with Gasteiger partial charge in [-0.25, -0.2) is 0 Å². The van der Waals surface area contributed by atoms with E-state index in [1.54, 1.807) is 0 Å². The van der Waals surface area contributed by atoms with Crippen LogP contribution in [0.25, 0.3) is 0 Å². The van der Waals surface area contributed by atoms with Crippen LogP contribution in [0.3, 0.4) is 0 Å². The fourth-order valence-corrected chi connectivity index (χ4v) is 3.49. The molecule has 1 saturated heterocycles. The van der Waals surface area contributed by atoms with Gasteiger partial charge in [-0.2, -0.15) is 13.2 Å². The van der Waals surface area contributed by atoms with Crippen LogP contribution in [0.15, 0.2) is 18.3 Å². The molecule has 148 valence electrons. The van der Waals surface area contributed by atoms with Crippen LogP contribution in [0.5, 0.6) is 0 Å². The van der Waals surface area contributed by atoms with E-state index in [0.717, 1.165) is 18.3 Å². The Morgan fingerprint density at radius 3 is 2.33 bits per heavy atom. The van der Waals surface area contributed by atoms with Gasteiger partial charge in [0.1, 0.15) is 5.69 Å². The van der Waals surface area contributed by atoms with E-state index in [-0.39, 0.29) is 23.4 Å². The number of hydrogen-bond acceptors (Lipinski definition) is 4. The van der Waals surface area contributed by atoms with Crippen LogP contribution >= 0.6 is 0 Å². The number of alkyl halides is 3. The van der Waals surface area contributed by atoms with Gasteiger partial charge in [0.2, 0.25) is 5.91 Å². The van der Waals surface area contributed by atoms with Crippen molar-refractivity contribution in [1.82, 2.24) is 15.2 Å². The third kappa shape index (κ3) is 4.97. The zero-order valence-corrected chi connectivity index (χ0v) is 14.8. The fraction of sp³-hybridized carbons (Fsp3) is 0.611. The second kappa shape index (κ2) is 8.24. The summed E-state index contributed by atoms with van der Waals surface area (Å²) in [6.45, 7) is 2.38. The molecule has 0 spiro atoms. The number of ether oxygens (including phenoxy) is 1. The third-order valence-corrected chi connectivity index (χ3v) is 5.05. The van der Waals surface area contributed by atoms with E-state index >= 15 is 0 Å². The summed E-state index contributed by atoms with van der Waals surface area (Å²) in [6.07, 6.45) is -0.883. The molecular weight excluding hydrogens is 363 g/mol. The second-order valence-electron chi connectivity index (χ2n) is 6.89. The number of morpholine rings is 1. The molecule has 1 saturated carbocycles. The van der Waals surface area contributed by atoms with Gasteiger partial charge >= 0.3 is 6.18 Å². The molecule has 2 fully saturated rings. The lowest BCUT2D eigenvalue weighted by atomic mass is 9.85. The highest BCUT2D eigenvalue weighted by Gasteiger charge is 2.33. The number of nitrogens with one attached hydrogen (secondary N) is 1. The van der Waals surface area contributed by atoms with Gasteiger partial charge in [-0.3, -0.25) is 14.6 Å². The van der Waals surface area contributed by atoms with Gasteiger partial charge < -0.3 is 15.0 Å². The van der Waals surface area contributed by atoms with Gasteiger partial charge in [-0.1, -0.05) is 0 Å². The number of aromatic nitrogens is 1. The summed E-state index contributed by atoms with van der Waals surface area (Å²) in [7, 11) is 0. The van der Waals surface area contributed by atoms with E-state index in [1.807, 2.05) is 4.90 Å². The van der Waals surface area contributed by atoms with Crippen LogP contribution in [0.2, 0.25) is 0 Å². The Morgan fingerprint density at radius 2 is 1.78 bits per heavy atom. The average Bonchev–Trinajstić information content (AvgIpc) is 2.68. The molecule has 0 bridgehead atoms. The quantitative estimate of drug-likeness (QED) is 0.866. The van der Waals surface area contributed by atoms with Crippen molar-refractivity contribution in [3.8, 4) is 0 Å². The second-order valence-corrected chi connectivity index (χ2v) is 6.89. The number of pyridine rings is 1. The van der Waals surface area contributed by atoms with Gasteiger partial charge in [0.25, 0.3) is 5.91 Å². The summed E-state index contributed by atoms with van der Waals surface area (Å²) in [4.78, 5) is 29.9. The first-order valence-corrected chi connectivity index (χ1v) is 9.05. The van der Waals surface area contributed by atoms with Gasteiger partial charge in [-0.05, 0) is 37.8 Å². The number of carbonyl (C=O) groups is 2. The molecule has 0 aromatic carbocycles. The van der Waals surface area contributed by atoms with Crippen molar-refractivity contribution in [1.29, 1.82) is 0 Å². The average molecular weight is 385 g/mol. The van der Waals surface area contributed by atoms with Crippen LogP contribution in [-0.4, -0.2) is 54.0 Å². The van der Waals surface area contributed by atoms with Crippen molar-refractivity contribution in [3.05, 3.63) is 29.6 Å². The maximum Gasteiger partial charge on any atom is 0.433 e. The number of rotatable bonds is 3. The zero-order chi connectivity index (χ0) is 19.4. The lowest BCUT2D eigenvalue weighted by Crippen LogP contribution is -2.46. The maximum absolute atomic E-state index is 12.5. The standard InChI is InChI=1S/C18H22F3N3O3/c19-18(20,21)15-6-3-13(11-22-15)16(25)23-14-4-1-12(2-5-14)17(26)24-7-9-27-10-8-24/h3,6,11-12,14H,1-2,4-5,7-10H2,(H,23,25). The summed E-state index contributed by atoms with van der Waals surface area (Å²) in [5.74, 6) is -0.335. The molecule has 2 heterocycles. The number of hydrogen-bond donors (Lipinski definition) is 1. The minimum Gasteiger partial charge on any atom is -0.378 e. The molecule has 2 aliphatic rings. The third-order valence-electron chi connectivity index (χ3n) is 5.05. The molecule has 27 heavy (non-hydrogen) atoms. The summed E-state index contributed by atoms with van der Waals surface area (Å²) in [6, 6.07) is 1.83. The summed E-state index contributed by atoms with van der Waals surface area (Å²) < 4.78 is 42.8. The molecule has 6 nitrogen and oxygen atoms in total. The Labute approximate surface area is 155 Å². The smallest absolute Gasteiger partial charge is 0.378 e. The molecule has 0 radical (unpaired) electrons. The number of halogens is 3. The van der Waals surface area contributed by atoms with Gasteiger partial charge in [0.15, 0.2) is 0 Å². The van der Waals surface area contributed by atoms with Crippen molar-refractivity contribution in [2.75, 3.05) is 26.3 Å². The van der Waals surface area contributed by atoms with E-state index in [1.165, 1.54) is 0 Å². The molecule has 1 aromatic heterocycles. The minimum absolute atomic E-state index is 0.0380. The molecule has 1 aromatic rings. The number of carbonyl (C=O) groups excluding carboxylic acids is 2. The van der Waals surface area contributed by atoms with Crippen LogP contribution in [0, 0.1) is 5.92 Å². The van der Waals surface area contributed by atoms with Crippen LogP contribution in [-0.2, 0) is 15.7 Å². The molecule has 1 N–H and O–H groups in total. The first kappa shape index (κ1) is 19.6. The van der Waals surface area contributed by atoms with E-state index in [4.69, 9.17) is 4.74 Å². The Morgan fingerprint density at radius 1 is 1.11 bits per heavy atom. The predicted molar refractivity (Wildman–Crippen MR) is 89.9 cm³/mol. The van der Waals surface area contributed by atoms with Crippen molar-refractivity contribution >= 4 is 11.8 Å². The van der Waals surface area contributed by atoms with Crippen molar-refractivity contribution < 1.29 is 27.5 Å². The number of nitrogens with zero attached hydrogens (tertiary/aromatic N) is 2. The van der Waals surface area contributed by atoms with E-state index in [9.17, 15) is 22.8 Å². The van der Waals surface area contributed by atoms with E-state index in [2.05, 4.69) is 10.3 Å². The summed E-state index contributed by atoms with van der Waals surface area (Å²) in [5, 5.41) is 2.83. The highest BCUT2D eigenvalue weighted by molar-refractivity contribution is 5.94. The molecule has 3 rings (SSSR count). The molecular formula is C18H22F3N3O3. The maximum atomic E-state index is 12.5. The Hall–Kier alpha value is -2.16. The van der Waals surface area contributed by atoms with Gasteiger partial charge in [-0.15, -0.1) is 0 Å². The minimum atomic E-state index is -4.53. The molecule has 0 unspecified atom stereocenters. The molecule has 1 aliphatic carbocycles. The highest BCUT2D eigenvalue weighted by Crippen LogP contribution is 2.28. The monoisotopic (exact) mass is 385 g/mol. The normalized spacial score (nSPS) is 23.7. The Balaban J connectivity index is 1.48. The lowest BCUT2D eigenvalue weighted by Gasteiger charge is -2.34. The first-order chi connectivity index (χ1) is 12.8. The summed E-state index contributed by atoms with van der Waals surface area (Å²) in [5.41, 5.74) is -0.935. The molecule has 1 aliphatic heterocycles. The predicted octanol–water partition coefficient (Wildman–Crippen LogP) is 2.25.